The lowest BCUT2D eigenvalue weighted by Gasteiger charge is -2.37. The number of hydrogen-bond acceptors (Lipinski definition) is 7. The number of para-hydroxylation sites is 1. The fraction of sp³-hybridized carbons (Fsp3) is 0.321. The van der Waals surface area contributed by atoms with Crippen LogP contribution in [-0.4, -0.2) is 72.8 Å². The van der Waals surface area contributed by atoms with Crippen LogP contribution in [0.5, 0.6) is 17.2 Å². The van der Waals surface area contributed by atoms with Crippen LogP contribution in [0, 0.1) is 0 Å². The monoisotopic (exact) mass is 539 g/mol. The molecule has 4 rings (SSSR count). The lowest BCUT2D eigenvalue weighted by molar-refractivity contribution is -0.129. The molecular weight excluding hydrogens is 506 g/mol. The highest BCUT2D eigenvalue weighted by Gasteiger charge is 2.31. The van der Waals surface area contributed by atoms with E-state index in [0.29, 0.717) is 50.0 Å². The summed E-state index contributed by atoms with van der Waals surface area (Å²) in [5.74, 6) is 1.04. The molecule has 0 saturated carbocycles. The van der Waals surface area contributed by atoms with Gasteiger partial charge in [0.15, 0.2) is 11.5 Å². The average Bonchev–Trinajstić information content (AvgIpc) is 2.96. The van der Waals surface area contributed by atoms with Gasteiger partial charge in [0.05, 0.1) is 31.4 Å². The lowest BCUT2D eigenvalue weighted by atomic mass is 10.2. The predicted octanol–water partition coefficient (Wildman–Crippen LogP) is 3.65. The van der Waals surface area contributed by atoms with Crippen LogP contribution in [-0.2, 0) is 14.8 Å². The number of methoxy groups -OCH3 is 2. The van der Waals surface area contributed by atoms with E-state index in [1.54, 1.807) is 29.2 Å². The molecule has 3 aromatic rings. The number of piperazine rings is 1. The van der Waals surface area contributed by atoms with Gasteiger partial charge in [-0.3, -0.25) is 9.10 Å². The summed E-state index contributed by atoms with van der Waals surface area (Å²) in [5.41, 5.74) is 1.46. The van der Waals surface area contributed by atoms with Crippen LogP contribution >= 0.6 is 0 Å². The summed E-state index contributed by atoms with van der Waals surface area (Å²) in [6, 6.07) is 21.1. The van der Waals surface area contributed by atoms with Crippen molar-refractivity contribution in [2.45, 2.75) is 11.8 Å². The Morgan fingerprint density at radius 2 is 1.53 bits per heavy atom. The highest BCUT2D eigenvalue weighted by atomic mass is 32.2. The summed E-state index contributed by atoms with van der Waals surface area (Å²) in [6.45, 7) is 4.36. The Kier molecular flexibility index (Phi) is 8.62. The smallest absolute Gasteiger partial charge is 0.264 e. The van der Waals surface area contributed by atoms with Crippen molar-refractivity contribution in [2.24, 2.45) is 0 Å². The fourth-order valence-corrected chi connectivity index (χ4v) is 5.80. The Labute approximate surface area is 224 Å². The van der Waals surface area contributed by atoms with Gasteiger partial charge in [0.1, 0.15) is 12.3 Å². The van der Waals surface area contributed by atoms with Gasteiger partial charge in [-0.25, -0.2) is 8.42 Å². The standard InChI is InChI=1S/C28H33N3O6S/c1-4-37-24-12-10-23(11-13-24)31(38(33,34)25-14-15-26(35-2)27(20-25)36-3)21-28(32)30-18-16-29(17-19-30)22-8-6-5-7-9-22/h5-15,20H,4,16-19,21H2,1-3H3. The van der Waals surface area contributed by atoms with E-state index >= 15 is 0 Å². The molecule has 1 fully saturated rings. The van der Waals surface area contributed by atoms with Crippen LogP contribution < -0.4 is 23.4 Å². The second-order valence-corrected chi connectivity index (χ2v) is 10.5. The summed E-state index contributed by atoms with van der Waals surface area (Å²) in [6.07, 6.45) is 0. The third-order valence-corrected chi connectivity index (χ3v) is 8.18. The van der Waals surface area contributed by atoms with E-state index in [2.05, 4.69) is 4.90 Å². The molecular formula is C28H33N3O6S. The molecule has 1 amide bonds. The van der Waals surface area contributed by atoms with Crippen LogP contribution in [0.25, 0.3) is 0 Å². The fourth-order valence-electron chi connectivity index (χ4n) is 4.37. The first kappa shape index (κ1) is 27.1. The molecule has 0 spiro atoms. The van der Waals surface area contributed by atoms with Crippen molar-refractivity contribution in [3.8, 4) is 17.2 Å². The van der Waals surface area contributed by atoms with Crippen molar-refractivity contribution in [1.29, 1.82) is 0 Å². The van der Waals surface area contributed by atoms with E-state index < -0.39 is 10.0 Å². The maximum Gasteiger partial charge on any atom is 0.264 e. The second-order valence-electron chi connectivity index (χ2n) is 8.66. The van der Waals surface area contributed by atoms with Gasteiger partial charge in [-0.2, -0.15) is 0 Å². The molecule has 0 unspecified atom stereocenters. The van der Waals surface area contributed by atoms with E-state index in [0.717, 1.165) is 9.99 Å². The number of ether oxygens (including phenoxy) is 3. The Morgan fingerprint density at radius 3 is 2.13 bits per heavy atom. The molecule has 0 radical (unpaired) electrons. The van der Waals surface area contributed by atoms with Gasteiger partial charge >= 0.3 is 0 Å². The second kappa shape index (κ2) is 12.1. The number of carbonyl (C=O) groups is 1. The van der Waals surface area contributed by atoms with E-state index in [4.69, 9.17) is 14.2 Å². The predicted molar refractivity (Wildman–Crippen MR) is 147 cm³/mol. The van der Waals surface area contributed by atoms with Gasteiger partial charge < -0.3 is 24.0 Å². The van der Waals surface area contributed by atoms with E-state index in [1.165, 1.54) is 32.4 Å². The Balaban J connectivity index is 1.59. The first-order valence-electron chi connectivity index (χ1n) is 12.4. The van der Waals surface area contributed by atoms with Crippen LogP contribution in [0.1, 0.15) is 6.92 Å². The highest BCUT2D eigenvalue weighted by Crippen LogP contribution is 2.33. The molecule has 1 aliphatic heterocycles. The van der Waals surface area contributed by atoms with Crippen molar-refractivity contribution < 1.29 is 27.4 Å². The molecule has 1 aliphatic rings. The van der Waals surface area contributed by atoms with Crippen molar-refractivity contribution >= 4 is 27.3 Å². The zero-order valence-electron chi connectivity index (χ0n) is 21.9. The largest absolute Gasteiger partial charge is 0.494 e. The van der Waals surface area contributed by atoms with Crippen LogP contribution in [0.3, 0.4) is 0 Å². The van der Waals surface area contributed by atoms with Gasteiger partial charge in [0, 0.05) is 37.9 Å². The molecule has 1 heterocycles. The van der Waals surface area contributed by atoms with Crippen LogP contribution in [0.2, 0.25) is 0 Å². The van der Waals surface area contributed by atoms with Crippen molar-refractivity contribution in [2.75, 3.05) is 62.8 Å². The molecule has 3 aromatic carbocycles. The van der Waals surface area contributed by atoms with Crippen LogP contribution in [0.15, 0.2) is 77.7 Å². The molecule has 38 heavy (non-hydrogen) atoms. The van der Waals surface area contributed by atoms with Crippen molar-refractivity contribution in [1.82, 2.24) is 4.90 Å². The molecule has 202 valence electrons. The normalized spacial score (nSPS) is 13.7. The van der Waals surface area contributed by atoms with Crippen LogP contribution in [0.4, 0.5) is 11.4 Å². The summed E-state index contributed by atoms with van der Waals surface area (Å²) in [7, 11) is -1.20. The number of rotatable bonds is 10. The molecule has 9 nitrogen and oxygen atoms in total. The van der Waals surface area contributed by atoms with Gasteiger partial charge in [-0.1, -0.05) is 18.2 Å². The Hall–Kier alpha value is -3.92. The number of anilines is 2. The average molecular weight is 540 g/mol. The Morgan fingerprint density at radius 1 is 0.868 bits per heavy atom. The SMILES string of the molecule is CCOc1ccc(N(CC(=O)N2CCN(c3ccccc3)CC2)S(=O)(=O)c2ccc(OC)c(OC)c2)cc1. The molecule has 1 saturated heterocycles. The first-order valence-corrected chi connectivity index (χ1v) is 13.9. The maximum atomic E-state index is 13.9. The number of amides is 1. The molecule has 0 aliphatic carbocycles. The topological polar surface area (TPSA) is 88.6 Å². The van der Waals surface area contributed by atoms with Crippen molar-refractivity contribution in [3.05, 3.63) is 72.8 Å². The van der Waals surface area contributed by atoms with E-state index in [9.17, 15) is 13.2 Å². The number of carbonyl (C=O) groups excluding carboxylic acids is 1. The zero-order chi connectivity index (χ0) is 27.1. The Bertz CT molecular complexity index is 1320. The molecule has 10 heteroatoms. The van der Waals surface area contributed by atoms with E-state index in [-0.39, 0.29) is 23.1 Å². The number of nitrogens with zero attached hydrogens (tertiary/aromatic N) is 3. The zero-order valence-corrected chi connectivity index (χ0v) is 22.7. The quantitative estimate of drug-likeness (QED) is 0.389. The molecule has 0 aromatic heterocycles. The minimum Gasteiger partial charge on any atom is -0.494 e. The molecule has 0 N–H and O–H groups in total. The third-order valence-electron chi connectivity index (χ3n) is 6.41. The minimum absolute atomic E-state index is 0.00858. The van der Waals surface area contributed by atoms with Crippen molar-refractivity contribution in [3.63, 3.8) is 0 Å². The minimum atomic E-state index is -4.13. The van der Waals surface area contributed by atoms with Gasteiger partial charge in [-0.15, -0.1) is 0 Å². The summed E-state index contributed by atoms with van der Waals surface area (Å²) in [4.78, 5) is 17.3. The number of benzene rings is 3. The number of hydrogen-bond donors (Lipinski definition) is 0. The third kappa shape index (κ3) is 5.96. The summed E-state index contributed by atoms with van der Waals surface area (Å²) < 4.78 is 45.0. The summed E-state index contributed by atoms with van der Waals surface area (Å²) >= 11 is 0. The highest BCUT2D eigenvalue weighted by molar-refractivity contribution is 7.92. The maximum absolute atomic E-state index is 13.9. The summed E-state index contributed by atoms with van der Waals surface area (Å²) in [5, 5.41) is 0. The van der Waals surface area contributed by atoms with Gasteiger partial charge in [0.2, 0.25) is 5.91 Å². The van der Waals surface area contributed by atoms with Gasteiger partial charge in [0.25, 0.3) is 10.0 Å². The lowest BCUT2D eigenvalue weighted by Crippen LogP contribution is -2.52. The number of sulfonamides is 1. The van der Waals surface area contributed by atoms with Gasteiger partial charge in [-0.05, 0) is 55.5 Å². The molecule has 0 bridgehead atoms. The first-order chi connectivity index (χ1) is 18.4. The molecule has 0 atom stereocenters. The van der Waals surface area contributed by atoms with E-state index in [1.807, 2.05) is 37.3 Å².